The number of nitrogens with two attached hydrogens (primary N) is 1. The minimum atomic E-state index is -0.587. The third-order valence-corrected chi connectivity index (χ3v) is 1.20. The highest BCUT2D eigenvalue weighted by molar-refractivity contribution is 6.23. The predicted molar refractivity (Wildman–Crippen MR) is 38.2 cm³/mol. The molecule has 1 aliphatic rings. The van der Waals surface area contributed by atoms with Gasteiger partial charge in [0.05, 0.1) is 0 Å². The van der Waals surface area contributed by atoms with E-state index in [0.717, 1.165) is 12.2 Å². The number of rotatable bonds is 0. The van der Waals surface area contributed by atoms with Gasteiger partial charge in [-0.25, -0.2) is 4.90 Å². The summed E-state index contributed by atoms with van der Waals surface area (Å²) in [5.41, 5.74) is 5.14. The van der Waals surface area contributed by atoms with E-state index >= 15 is 0 Å². The fraction of sp³-hybridized carbons (Fsp3) is 0. The van der Waals surface area contributed by atoms with Crippen LogP contribution in [0.4, 0.5) is 0 Å². The minimum absolute atomic E-state index is 0.405. The molecule has 1 aliphatic heterocycles. The summed E-state index contributed by atoms with van der Waals surface area (Å²) in [5.74, 6) is -1.58. The van der Waals surface area contributed by atoms with Crippen LogP contribution >= 0.6 is 0 Å². The molecule has 0 aromatic heterocycles. The number of amides is 2. The summed E-state index contributed by atoms with van der Waals surface area (Å²) in [5, 5.41) is 8.08. The van der Waals surface area contributed by atoms with E-state index in [9.17, 15) is 9.59 Å². The highest BCUT2D eigenvalue weighted by Gasteiger charge is 2.26. The number of nitriles is 1. The number of hydrogen-bond donors (Lipinski definition) is 1. The van der Waals surface area contributed by atoms with Crippen molar-refractivity contribution in [2.75, 3.05) is 0 Å². The van der Waals surface area contributed by atoms with Crippen molar-refractivity contribution in [2.24, 2.45) is 10.7 Å². The molecular formula is C6H4N4O2. The van der Waals surface area contributed by atoms with Gasteiger partial charge in [-0.1, -0.05) is 0 Å². The van der Waals surface area contributed by atoms with E-state index in [1.807, 2.05) is 0 Å². The molecule has 0 atom stereocenters. The normalized spacial score (nSPS) is 16.9. The number of imide groups is 1. The Balaban J connectivity index is 2.92. The Hall–Kier alpha value is -2.16. The quantitative estimate of drug-likeness (QED) is 0.208. The molecule has 0 fully saturated rings. The Morgan fingerprint density at radius 2 is 2.00 bits per heavy atom. The third kappa shape index (κ3) is 1.15. The largest absolute Gasteiger partial charge is 0.368 e. The first-order chi connectivity index (χ1) is 5.66. The molecule has 2 amide bonds. The van der Waals surface area contributed by atoms with Gasteiger partial charge in [0.15, 0.2) is 0 Å². The van der Waals surface area contributed by atoms with Gasteiger partial charge in [0.1, 0.15) is 0 Å². The molecule has 6 heteroatoms. The van der Waals surface area contributed by atoms with Crippen LogP contribution in [0.2, 0.25) is 0 Å². The molecule has 0 aromatic rings. The molecule has 0 aliphatic carbocycles. The van der Waals surface area contributed by atoms with E-state index in [1.165, 1.54) is 6.19 Å². The van der Waals surface area contributed by atoms with Gasteiger partial charge in [0, 0.05) is 12.2 Å². The highest BCUT2D eigenvalue weighted by atomic mass is 16.2. The third-order valence-electron chi connectivity index (χ3n) is 1.20. The van der Waals surface area contributed by atoms with Gasteiger partial charge in [0.2, 0.25) is 12.2 Å². The molecule has 12 heavy (non-hydrogen) atoms. The molecule has 2 N–H and O–H groups in total. The van der Waals surface area contributed by atoms with Crippen molar-refractivity contribution in [3.63, 3.8) is 0 Å². The van der Waals surface area contributed by atoms with Crippen molar-refractivity contribution in [2.45, 2.75) is 0 Å². The molecule has 0 spiro atoms. The number of aliphatic imine (C=N–C) groups is 1. The SMILES string of the molecule is N#CN=C(N)N1C(=O)C=CC1=O. The van der Waals surface area contributed by atoms with E-state index in [0.29, 0.717) is 4.90 Å². The molecule has 0 radical (unpaired) electrons. The zero-order chi connectivity index (χ0) is 9.14. The zero-order valence-electron chi connectivity index (χ0n) is 5.89. The summed E-state index contributed by atoms with van der Waals surface area (Å²) in [6, 6.07) is 0. The van der Waals surface area contributed by atoms with Gasteiger partial charge in [-0.15, -0.1) is 4.99 Å². The van der Waals surface area contributed by atoms with Crippen molar-refractivity contribution in [1.82, 2.24) is 4.90 Å². The first-order valence-electron chi connectivity index (χ1n) is 2.95. The van der Waals surface area contributed by atoms with Crippen LogP contribution in [0.3, 0.4) is 0 Å². The lowest BCUT2D eigenvalue weighted by atomic mass is 10.6. The Kier molecular flexibility index (Phi) is 1.88. The maximum Gasteiger partial charge on any atom is 0.260 e. The summed E-state index contributed by atoms with van der Waals surface area (Å²) >= 11 is 0. The lowest BCUT2D eigenvalue weighted by Gasteiger charge is -2.09. The van der Waals surface area contributed by atoms with Crippen molar-refractivity contribution >= 4 is 17.8 Å². The van der Waals surface area contributed by atoms with Crippen LogP contribution in [0.25, 0.3) is 0 Å². The number of carbonyl (C=O) groups excluding carboxylic acids is 2. The fourth-order valence-corrected chi connectivity index (χ4v) is 0.727. The Morgan fingerprint density at radius 3 is 2.42 bits per heavy atom. The minimum Gasteiger partial charge on any atom is -0.368 e. The average Bonchev–Trinajstić information content (AvgIpc) is 2.32. The molecule has 0 bridgehead atoms. The van der Waals surface area contributed by atoms with Gasteiger partial charge in [-0.2, -0.15) is 5.26 Å². The lowest BCUT2D eigenvalue weighted by Crippen LogP contribution is -2.41. The monoisotopic (exact) mass is 164 g/mol. The second-order valence-electron chi connectivity index (χ2n) is 1.92. The predicted octanol–water partition coefficient (Wildman–Crippen LogP) is -1.29. The summed E-state index contributed by atoms with van der Waals surface area (Å²) in [7, 11) is 0. The number of carbonyl (C=O) groups is 2. The van der Waals surface area contributed by atoms with Crippen LogP contribution in [0.1, 0.15) is 0 Å². The Labute approximate surface area is 67.6 Å². The molecule has 60 valence electrons. The van der Waals surface area contributed by atoms with Crippen molar-refractivity contribution < 1.29 is 9.59 Å². The first kappa shape index (κ1) is 7.94. The standard InChI is InChI=1S/C6H4N4O2/c7-3-9-6(8)10-4(11)1-2-5(10)12/h1-2H,(H2,8,9). The molecule has 1 rings (SSSR count). The van der Waals surface area contributed by atoms with E-state index in [4.69, 9.17) is 11.0 Å². The topological polar surface area (TPSA) is 99.5 Å². The van der Waals surface area contributed by atoms with Crippen LogP contribution in [0.15, 0.2) is 17.1 Å². The first-order valence-corrected chi connectivity index (χ1v) is 2.95. The number of guanidine groups is 1. The van der Waals surface area contributed by atoms with Gasteiger partial charge >= 0.3 is 0 Å². The van der Waals surface area contributed by atoms with Crippen molar-refractivity contribution in [1.29, 1.82) is 5.26 Å². The van der Waals surface area contributed by atoms with Crippen LogP contribution < -0.4 is 5.73 Å². The molecule has 0 saturated heterocycles. The van der Waals surface area contributed by atoms with Crippen LogP contribution in [0, 0.1) is 11.5 Å². The lowest BCUT2D eigenvalue weighted by molar-refractivity contribution is -0.132. The summed E-state index contributed by atoms with van der Waals surface area (Å²) in [4.78, 5) is 25.4. The maximum atomic E-state index is 10.8. The van der Waals surface area contributed by atoms with E-state index < -0.39 is 17.8 Å². The Morgan fingerprint density at radius 1 is 1.50 bits per heavy atom. The average molecular weight is 164 g/mol. The Bertz CT molecular complexity index is 318. The van der Waals surface area contributed by atoms with Crippen LogP contribution in [0.5, 0.6) is 0 Å². The fourth-order valence-electron chi connectivity index (χ4n) is 0.727. The summed E-state index contributed by atoms with van der Waals surface area (Å²) in [6.45, 7) is 0. The molecule has 0 unspecified atom stereocenters. The molecule has 0 saturated carbocycles. The molecule has 6 nitrogen and oxygen atoms in total. The molecule has 0 aromatic carbocycles. The van der Waals surface area contributed by atoms with Gasteiger partial charge in [0.25, 0.3) is 11.8 Å². The summed E-state index contributed by atoms with van der Waals surface area (Å²) < 4.78 is 0. The second-order valence-corrected chi connectivity index (χ2v) is 1.92. The second kappa shape index (κ2) is 2.84. The van der Waals surface area contributed by atoms with E-state index in [2.05, 4.69) is 4.99 Å². The number of hydrogen-bond acceptors (Lipinski definition) is 4. The van der Waals surface area contributed by atoms with Crippen molar-refractivity contribution in [3.05, 3.63) is 12.2 Å². The molecule has 1 heterocycles. The zero-order valence-corrected chi connectivity index (χ0v) is 5.89. The highest BCUT2D eigenvalue weighted by Crippen LogP contribution is 2.01. The van der Waals surface area contributed by atoms with Crippen molar-refractivity contribution in [3.8, 4) is 6.19 Å². The molecular weight excluding hydrogens is 160 g/mol. The van der Waals surface area contributed by atoms with Gasteiger partial charge in [-0.3, -0.25) is 9.59 Å². The van der Waals surface area contributed by atoms with Crippen LogP contribution in [-0.4, -0.2) is 22.7 Å². The summed E-state index contributed by atoms with van der Waals surface area (Å²) in [6.07, 6.45) is 3.49. The van der Waals surface area contributed by atoms with E-state index in [1.54, 1.807) is 0 Å². The number of nitrogens with zero attached hydrogens (tertiary/aromatic N) is 3. The van der Waals surface area contributed by atoms with Gasteiger partial charge < -0.3 is 5.73 Å². The van der Waals surface area contributed by atoms with E-state index in [-0.39, 0.29) is 0 Å². The van der Waals surface area contributed by atoms with Gasteiger partial charge in [-0.05, 0) is 0 Å². The maximum absolute atomic E-state index is 10.8. The van der Waals surface area contributed by atoms with Crippen LogP contribution in [-0.2, 0) is 9.59 Å². The smallest absolute Gasteiger partial charge is 0.260 e.